The zero-order valence-corrected chi connectivity index (χ0v) is 9.18. The van der Waals surface area contributed by atoms with Gasteiger partial charge in [-0.1, -0.05) is 6.42 Å². The second kappa shape index (κ2) is 6.79. The molecule has 4 heteroatoms. The smallest absolute Gasteiger partial charge is 0.220 e. The Morgan fingerprint density at radius 3 is 2.50 bits per heavy atom. The molecule has 0 atom stereocenters. The Labute approximate surface area is 85.9 Å². The highest BCUT2D eigenvalue weighted by atomic mass is 16.3. The number of hydrogen-bond acceptors (Lipinski definition) is 3. The minimum Gasteiger partial charge on any atom is -0.394 e. The van der Waals surface area contributed by atoms with Crippen LogP contribution in [0.4, 0.5) is 0 Å². The molecular weight excluding hydrogens is 180 g/mol. The number of hydrogen-bond donors (Lipinski definition) is 3. The van der Waals surface area contributed by atoms with Gasteiger partial charge in [-0.3, -0.25) is 4.79 Å². The fraction of sp³-hybridized carbons (Fsp3) is 0.900. The summed E-state index contributed by atoms with van der Waals surface area (Å²) in [4.78, 5) is 11.3. The van der Waals surface area contributed by atoms with Gasteiger partial charge in [0.2, 0.25) is 5.91 Å². The van der Waals surface area contributed by atoms with Crippen molar-refractivity contribution in [1.29, 1.82) is 0 Å². The molecule has 0 aliphatic rings. The lowest BCUT2D eigenvalue weighted by molar-refractivity contribution is -0.123. The normalized spacial score (nSPS) is 11.4. The summed E-state index contributed by atoms with van der Waals surface area (Å²) in [5, 5.41) is 11.7. The van der Waals surface area contributed by atoms with Gasteiger partial charge in [0, 0.05) is 6.42 Å². The van der Waals surface area contributed by atoms with Crippen LogP contribution in [0.5, 0.6) is 0 Å². The molecule has 1 amide bonds. The van der Waals surface area contributed by atoms with Gasteiger partial charge in [-0.2, -0.15) is 0 Å². The molecule has 14 heavy (non-hydrogen) atoms. The van der Waals surface area contributed by atoms with E-state index < -0.39 is 5.54 Å². The summed E-state index contributed by atoms with van der Waals surface area (Å²) >= 11 is 0. The van der Waals surface area contributed by atoms with Crippen molar-refractivity contribution < 1.29 is 9.90 Å². The SMILES string of the molecule is CC(C)(CO)NC(=O)CCCCCN. The number of nitrogens with one attached hydrogen (secondary N) is 1. The number of carbonyl (C=O) groups excluding carboxylic acids is 1. The Morgan fingerprint density at radius 1 is 1.36 bits per heavy atom. The number of aliphatic hydroxyl groups excluding tert-OH is 1. The number of amides is 1. The van der Waals surface area contributed by atoms with Crippen LogP contribution in [0.2, 0.25) is 0 Å². The molecule has 84 valence electrons. The molecule has 0 unspecified atom stereocenters. The van der Waals surface area contributed by atoms with Gasteiger partial charge in [-0.25, -0.2) is 0 Å². The van der Waals surface area contributed by atoms with E-state index in [2.05, 4.69) is 5.32 Å². The maximum Gasteiger partial charge on any atom is 0.220 e. The van der Waals surface area contributed by atoms with E-state index in [9.17, 15) is 4.79 Å². The van der Waals surface area contributed by atoms with Gasteiger partial charge in [0.25, 0.3) is 0 Å². The first-order valence-corrected chi connectivity index (χ1v) is 5.14. The Hall–Kier alpha value is -0.610. The number of nitrogens with two attached hydrogens (primary N) is 1. The Balaban J connectivity index is 3.55. The van der Waals surface area contributed by atoms with Gasteiger partial charge < -0.3 is 16.2 Å². The third-order valence-corrected chi connectivity index (χ3v) is 1.98. The third kappa shape index (κ3) is 6.86. The average molecular weight is 202 g/mol. The second-order valence-corrected chi connectivity index (χ2v) is 4.19. The molecule has 0 saturated heterocycles. The van der Waals surface area contributed by atoms with Crippen molar-refractivity contribution in [2.45, 2.75) is 45.1 Å². The molecular formula is C10H22N2O2. The average Bonchev–Trinajstić information content (AvgIpc) is 2.12. The van der Waals surface area contributed by atoms with Crippen LogP contribution in [0.15, 0.2) is 0 Å². The van der Waals surface area contributed by atoms with Gasteiger partial charge in [0.15, 0.2) is 0 Å². The lowest BCUT2D eigenvalue weighted by Crippen LogP contribution is -2.46. The minimum atomic E-state index is -0.509. The summed E-state index contributed by atoms with van der Waals surface area (Å²) in [6.07, 6.45) is 3.34. The van der Waals surface area contributed by atoms with E-state index in [0.29, 0.717) is 13.0 Å². The Kier molecular flexibility index (Phi) is 6.49. The van der Waals surface area contributed by atoms with E-state index in [1.54, 1.807) is 13.8 Å². The highest BCUT2D eigenvalue weighted by molar-refractivity contribution is 5.76. The van der Waals surface area contributed by atoms with Crippen LogP contribution in [0.25, 0.3) is 0 Å². The molecule has 0 aromatic carbocycles. The van der Waals surface area contributed by atoms with Crippen molar-refractivity contribution >= 4 is 5.91 Å². The molecule has 0 rings (SSSR count). The molecule has 0 saturated carbocycles. The number of unbranched alkanes of at least 4 members (excludes halogenated alkanes) is 2. The molecule has 0 aliphatic heterocycles. The molecule has 0 bridgehead atoms. The molecule has 4 nitrogen and oxygen atoms in total. The van der Waals surface area contributed by atoms with E-state index in [0.717, 1.165) is 19.3 Å². The first-order valence-electron chi connectivity index (χ1n) is 5.14. The highest BCUT2D eigenvalue weighted by Gasteiger charge is 2.18. The zero-order valence-electron chi connectivity index (χ0n) is 9.18. The lowest BCUT2D eigenvalue weighted by Gasteiger charge is -2.23. The quantitative estimate of drug-likeness (QED) is 0.523. The predicted octanol–water partition coefficient (Wildman–Crippen LogP) is 0.393. The largest absolute Gasteiger partial charge is 0.394 e. The first-order chi connectivity index (χ1) is 6.52. The van der Waals surface area contributed by atoms with Crippen molar-refractivity contribution in [3.05, 3.63) is 0 Å². The molecule has 0 spiro atoms. The van der Waals surface area contributed by atoms with E-state index in [-0.39, 0.29) is 12.5 Å². The van der Waals surface area contributed by atoms with Crippen molar-refractivity contribution in [2.75, 3.05) is 13.2 Å². The maximum atomic E-state index is 11.3. The van der Waals surface area contributed by atoms with Gasteiger partial charge in [0.1, 0.15) is 0 Å². The van der Waals surface area contributed by atoms with Crippen molar-refractivity contribution in [3.63, 3.8) is 0 Å². The van der Waals surface area contributed by atoms with Crippen LogP contribution in [-0.4, -0.2) is 29.7 Å². The monoisotopic (exact) mass is 202 g/mol. The predicted molar refractivity (Wildman–Crippen MR) is 56.8 cm³/mol. The zero-order chi connectivity index (χ0) is 11.0. The Morgan fingerprint density at radius 2 is 2.00 bits per heavy atom. The van der Waals surface area contributed by atoms with E-state index in [4.69, 9.17) is 10.8 Å². The molecule has 0 aromatic rings. The fourth-order valence-corrected chi connectivity index (χ4v) is 1.09. The molecule has 0 fully saturated rings. The number of carbonyl (C=O) groups is 1. The van der Waals surface area contributed by atoms with E-state index >= 15 is 0 Å². The van der Waals surface area contributed by atoms with Gasteiger partial charge in [0.05, 0.1) is 12.1 Å². The summed E-state index contributed by atoms with van der Waals surface area (Å²) in [5.74, 6) is 0.000992. The summed E-state index contributed by atoms with van der Waals surface area (Å²) < 4.78 is 0. The number of aliphatic hydroxyl groups is 1. The van der Waals surface area contributed by atoms with Crippen LogP contribution in [0, 0.1) is 0 Å². The Bertz CT molecular complexity index is 170. The topological polar surface area (TPSA) is 75.3 Å². The summed E-state index contributed by atoms with van der Waals surface area (Å²) in [7, 11) is 0. The molecule has 0 radical (unpaired) electrons. The van der Waals surface area contributed by atoms with Crippen molar-refractivity contribution in [3.8, 4) is 0 Å². The minimum absolute atomic E-state index is 0.000992. The summed E-state index contributed by atoms with van der Waals surface area (Å²) in [5.41, 5.74) is 4.83. The van der Waals surface area contributed by atoms with Crippen LogP contribution in [0.1, 0.15) is 39.5 Å². The summed E-state index contributed by atoms with van der Waals surface area (Å²) in [6, 6.07) is 0. The standard InChI is InChI=1S/C10H22N2O2/c1-10(2,8-13)12-9(14)6-4-3-5-7-11/h13H,3-8,11H2,1-2H3,(H,12,14). The van der Waals surface area contributed by atoms with Gasteiger partial charge >= 0.3 is 0 Å². The van der Waals surface area contributed by atoms with Crippen molar-refractivity contribution in [1.82, 2.24) is 5.32 Å². The third-order valence-electron chi connectivity index (χ3n) is 1.98. The second-order valence-electron chi connectivity index (χ2n) is 4.19. The maximum absolute atomic E-state index is 11.3. The number of rotatable bonds is 7. The van der Waals surface area contributed by atoms with Crippen LogP contribution >= 0.6 is 0 Å². The van der Waals surface area contributed by atoms with Crippen LogP contribution in [-0.2, 0) is 4.79 Å². The van der Waals surface area contributed by atoms with E-state index in [1.807, 2.05) is 0 Å². The lowest BCUT2D eigenvalue weighted by atomic mass is 10.1. The van der Waals surface area contributed by atoms with E-state index in [1.165, 1.54) is 0 Å². The summed E-state index contributed by atoms with van der Waals surface area (Å²) in [6.45, 7) is 4.24. The van der Waals surface area contributed by atoms with Crippen LogP contribution in [0.3, 0.4) is 0 Å². The molecule has 0 aromatic heterocycles. The molecule has 4 N–H and O–H groups in total. The van der Waals surface area contributed by atoms with Gasteiger partial charge in [-0.15, -0.1) is 0 Å². The van der Waals surface area contributed by atoms with Crippen molar-refractivity contribution in [2.24, 2.45) is 5.73 Å². The first kappa shape index (κ1) is 13.4. The highest BCUT2D eigenvalue weighted by Crippen LogP contribution is 2.03. The molecule has 0 aliphatic carbocycles. The van der Waals surface area contributed by atoms with Crippen LogP contribution < -0.4 is 11.1 Å². The van der Waals surface area contributed by atoms with Gasteiger partial charge in [-0.05, 0) is 33.2 Å². The fourth-order valence-electron chi connectivity index (χ4n) is 1.09. The molecule has 0 heterocycles.